The van der Waals surface area contributed by atoms with Gasteiger partial charge in [0.05, 0.1) is 6.61 Å². The number of aliphatic hydroxyl groups is 1. The van der Waals surface area contributed by atoms with E-state index in [9.17, 15) is 4.79 Å². The normalized spacial score (nSPS) is 11.4. The van der Waals surface area contributed by atoms with E-state index in [2.05, 4.69) is 6.92 Å². The summed E-state index contributed by atoms with van der Waals surface area (Å²) < 4.78 is 4.73. The number of hydrogen-bond donors (Lipinski definition) is 1. The third kappa shape index (κ3) is 6.20. The maximum absolute atomic E-state index is 11.0. The van der Waals surface area contributed by atoms with Gasteiger partial charge in [-0.05, 0) is 25.3 Å². The van der Waals surface area contributed by atoms with Crippen molar-refractivity contribution in [2.24, 2.45) is 0 Å². The summed E-state index contributed by atoms with van der Waals surface area (Å²) in [5.74, 6) is -0.875. The quantitative estimate of drug-likeness (QED) is 0.300. The van der Waals surface area contributed by atoms with Crippen LogP contribution < -0.4 is 0 Å². The number of rotatable bonds is 6. The monoisotopic (exact) mass is 186 g/mol. The fourth-order valence-corrected chi connectivity index (χ4v) is 0.795. The minimum absolute atomic E-state index is 0.262. The van der Waals surface area contributed by atoms with Crippen molar-refractivity contribution in [3.8, 4) is 0 Å². The molecule has 1 N–H and O–H groups in total. The Balaban J connectivity index is 3.72. The zero-order chi connectivity index (χ0) is 10.1. The van der Waals surface area contributed by atoms with E-state index in [0.29, 0.717) is 6.61 Å². The van der Waals surface area contributed by atoms with E-state index in [0.717, 1.165) is 25.7 Å². The molecule has 0 radical (unpaired) electrons. The maximum Gasteiger partial charge on any atom is 0.373 e. The molecule has 0 bridgehead atoms. The van der Waals surface area contributed by atoms with Crippen LogP contribution in [0.15, 0.2) is 11.8 Å². The number of carbonyl (C=O) groups is 1. The van der Waals surface area contributed by atoms with Crippen LogP contribution in [0.5, 0.6) is 0 Å². The summed E-state index contributed by atoms with van der Waals surface area (Å²) >= 11 is 0. The second-order valence-corrected chi connectivity index (χ2v) is 2.87. The third-order valence-electron chi connectivity index (χ3n) is 1.54. The molecule has 0 aromatic carbocycles. The van der Waals surface area contributed by atoms with Crippen LogP contribution in [-0.2, 0) is 9.53 Å². The number of ether oxygens (including phenoxy) is 1. The minimum atomic E-state index is -0.613. The van der Waals surface area contributed by atoms with Crippen molar-refractivity contribution in [2.45, 2.75) is 39.5 Å². The van der Waals surface area contributed by atoms with E-state index >= 15 is 0 Å². The van der Waals surface area contributed by atoms with Gasteiger partial charge in [0.15, 0.2) is 5.76 Å². The Labute approximate surface area is 79.4 Å². The highest BCUT2D eigenvalue weighted by Gasteiger charge is 2.06. The molecule has 0 aliphatic carbocycles. The molecule has 0 heterocycles. The summed E-state index contributed by atoms with van der Waals surface area (Å²) in [5, 5.41) is 9.16. The molecule has 0 spiro atoms. The topological polar surface area (TPSA) is 46.5 Å². The van der Waals surface area contributed by atoms with E-state index in [-0.39, 0.29) is 5.76 Å². The van der Waals surface area contributed by atoms with Crippen LogP contribution >= 0.6 is 0 Å². The van der Waals surface area contributed by atoms with Gasteiger partial charge in [-0.15, -0.1) is 0 Å². The fourth-order valence-electron chi connectivity index (χ4n) is 0.795. The lowest BCUT2D eigenvalue weighted by atomic mass is 10.2. The predicted molar refractivity (Wildman–Crippen MR) is 51.5 cm³/mol. The van der Waals surface area contributed by atoms with Crippen LogP contribution in [0.25, 0.3) is 0 Å². The molecule has 0 amide bonds. The van der Waals surface area contributed by atoms with Gasteiger partial charge in [0.1, 0.15) is 0 Å². The zero-order valence-corrected chi connectivity index (χ0v) is 8.38. The number of allylic oxidation sites excluding steroid dienone is 1. The Morgan fingerprint density at radius 3 is 2.62 bits per heavy atom. The Kier molecular flexibility index (Phi) is 7.07. The van der Waals surface area contributed by atoms with Gasteiger partial charge in [0.2, 0.25) is 0 Å². The molecule has 76 valence electrons. The van der Waals surface area contributed by atoms with Gasteiger partial charge < -0.3 is 9.84 Å². The van der Waals surface area contributed by atoms with Crippen LogP contribution in [0.3, 0.4) is 0 Å². The average Bonchev–Trinajstić information content (AvgIpc) is 2.14. The first-order valence-electron chi connectivity index (χ1n) is 4.78. The van der Waals surface area contributed by atoms with Gasteiger partial charge in [-0.3, -0.25) is 0 Å². The summed E-state index contributed by atoms with van der Waals surface area (Å²) in [5.41, 5.74) is 0. The summed E-state index contributed by atoms with van der Waals surface area (Å²) in [6.45, 7) is 4.33. The van der Waals surface area contributed by atoms with Crippen molar-refractivity contribution in [3.05, 3.63) is 11.8 Å². The van der Waals surface area contributed by atoms with Crippen LogP contribution in [0.2, 0.25) is 0 Å². The molecule has 0 aromatic heterocycles. The van der Waals surface area contributed by atoms with Crippen molar-refractivity contribution >= 4 is 5.97 Å². The molecule has 0 saturated carbocycles. The second-order valence-electron chi connectivity index (χ2n) is 2.87. The van der Waals surface area contributed by atoms with Gasteiger partial charge in [-0.25, -0.2) is 4.79 Å². The first-order valence-corrected chi connectivity index (χ1v) is 4.78. The zero-order valence-electron chi connectivity index (χ0n) is 8.38. The highest BCUT2D eigenvalue weighted by atomic mass is 16.5. The summed E-state index contributed by atoms with van der Waals surface area (Å²) in [6.07, 6.45) is 5.04. The first-order chi connectivity index (χ1) is 6.22. The highest BCUT2D eigenvalue weighted by Crippen LogP contribution is 2.01. The van der Waals surface area contributed by atoms with Gasteiger partial charge in [0.25, 0.3) is 0 Å². The Hall–Kier alpha value is -0.990. The van der Waals surface area contributed by atoms with Gasteiger partial charge >= 0.3 is 5.97 Å². The summed E-state index contributed by atoms with van der Waals surface area (Å²) in [6, 6.07) is 0. The van der Waals surface area contributed by atoms with Gasteiger partial charge in [-0.1, -0.05) is 20.3 Å². The SMILES string of the molecule is CCCC/C=C(\O)C(=O)OCCC. The molecule has 3 heteroatoms. The van der Waals surface area contributed by atoms with Crippen LogP contribution in [0.1, 0.15) is 39.5 Å². The third-order valence-corrected chi connectivity index (χ3v) is 1.54. The lowest BCUT2D eigenvalue weighted by Crippen LogP contribution is -2.08. The van der Waals surface area contributed by atoms with Crippen LogP contribution in [0.4, 0.5) is 0 Å². The average molecular weight is 186 g/mol. The van der Waals surface area contributed by atoms with E-state index in [1.807, 2.05) is 6.92 Å². The van der Waals surface area contributed by atoms with Crippen LogP contribution in [0, 0.1) is 0 Å². The molecule has 0 unspecified atom stereocenters. The van der Waals surface area contributed by atoms with E-state index in [1.165, 1.54) is 6.08 Å². The van der Waals surface area contributed by atoms with Crippen molar-refractivity contribution in [1.82, 2.24) is 0 Å². The molecule has 0 aliphatic heterocycles. The van der Waals surface area contributed by atoms with Gasteiger partial charge in [0, 0.05) is 0 Å². The minimum Gasteiger partial charge on any atom is -0.502 e. The first kappa shape index (κ1) is 12.0. The standard InChI is InChI=1S/C10H18O3/c1-3-5-6-7-9(11)10(12)13-8-4-2/h7,11H,3-6,8H2,1-2H3/b9-7-. The van der Waals surface area contributed by atoms with E-state index in [4.69, 9.17) is 9.84 Å². The molecule has 0 aromatic rings. The molecule has 0 fully saturated rings. The predicted octanol–water partition coefficient (Wildman–Crippen LogP) is 2.57. The molecular formula is C10H18O3. The molecule has 0 saturated heterocycles. The molecular weight excluding hydrogens is 168 g/mol. The van der Waals surface area contributed by atoms with Crippen molar-refractivity contribution < 1.29 is 14.6 Å². The maximum atomic E-state index is 11.0. The van der Waals surface area contributed by atoms with Crippen molar-refractivity contribution in [1.29, 1.82) is 0 Å². The van der Waals surface area contributed by atoms with Gasteiger partial charge in [-0.2, -0.15) is 0 Å². The Bertz CT molecular complexity index is 173. The largest absolute Gasteiger partial charge is 0.502 e. The Morgan fingerprint density at radius 1 is 1.38 bits per heavy atom. The van der Waals surface area contributed by atoms with Crippen molar-refractivity contribution in [3.63, 3.8) is 0 Å². The second kappa shape index (κ2) is 7.65. The number of carbonyl (C=O) groups excluding carboxylic acids is 1. The number of hydrogen-bond acceptors (Lipinski definition) is 3. The molecule has 3 nitrogen and oxygen atoms in total. The molecule has 0 aliphatic rings. The van der Waals surface area contributed by atoms with Crippen LogP contribution in [-0.4, -0.2) is 17.7 Å². The van der Waals surface area contributed by atoms with Crippen molar-refractivity contribution in [2.75, 3.05) is 6.61 Å². The number of aliphatic hydroxyl groups excluding tert-OH is 1. The lowest BCUT2D eigenvalue weighted by Gasteiger charge is -2.01. The molecule has 13 heavy (non-hydrogen) atoms. The highest BCUT2D eigenvalue weighted by molar-refractivity contribution is 5.85. The lowest BCUT2D eigenvalue weighted by molar-refractivity contribution is -0.142. The summed E-state index contributed by atoms with van der Waals surface area (Å²) in [4.78, 5) is 11.0. The summed E-state index contributed by atoms with van der Waals surface area (Å²) in [7, 11) is 0. The number of esters is 1. The fraction of sp³-hybridized carbons (Fsp3) is 0.700. The number of unbranched alkanes of at least 4 members (excludes halogenated alkanes) is 2. The van der Waals surface area contributed by atoms with E-state index < -0.39 is 5.97 Å². The Morgan fingerprint density at radius 2 is 2.08 bits per heavy atom. The smallest absolute Gasteiger partial charge is 0.373 e. The van der Waals surface area contributed by atoms with E-state index in [1.54, 1.807) is 0 Å². The molecule has 0 atom stereocenters. The molecule has 0 rings (SSSR count).